The highest BCUT2D eigenvalue weighted by Gasteiger charge is 2.31. The number of nitrogens with zero attached hydrogens (tertiary/aromatic N) is 5. The first-order valence-corrected chi connectivity index (χ1v) is 15.3. The Kier molecular flexibility index (Phi) is 9.47. The number of benzene rings is 3. The highest BCUT2D eigenvalue weighted by molar-refractivity contribution is 8.14. The third kappa shape index (κ3) is 7.83. The molecule has 1 aliphatic rings. The number of urea groups is 1. The van der Waals surface area contributed by atoms with Gasteiger partial charge in [-0.1, -0.05) is 53.7 Å². The van der Waals surface area contributed by atoms with E-state index < -0.39 is 24.6 Å². The number of hydrogen-bond acceptors (Lipinski definition) is 5. The Morgan fingerprint density at radius 2 is 1.71 bits per heavy atom. The molecule has 5 rings (SSSR count). The van der Waals surface area contributed by atoms with E-state index in [9.17, 15) is 18.0 Å². The average molecular weight is 641 g/mol. The highest BCUT2D eigenvalue weighted by Crippen LogP contribution is 2.32. The smallest absolute Gasteiger partial charge is 0.406 e. The molecule has 2 heterocycles. The molecule has 0 spiro atoms. The Balaban J connectivity index is 1.23. The standard InChI is InChI=1S/C32H32F4N6O2S/c1-19-16-20(2)28(21(3)17-19)41-14-5-15-45-31(41)39-30(43)38-22(4)27(33)23-6-8-24(9-7-23)29-37-18-42(40-29)25-10-12-26(13-11-25)44-32(34,35)36/h6-13,16-18,22,27H,5,14-15H2,1-4H3,(H,38,43)/b39-31-. The maximum Gasteiger partial charge on any atom is 0.573 e. The number of amides is 2. The molecule has 1 fully saturated rings. The maximum absolute atomic E-state index is 15.5. The summed E-state index contributed by atoms with van der Waals surface area (Å²) < 4.78 is 58.0. The van der Waals surface area contributed by atoms with Gasteiger partial charge in [-0.3, -0.25) is 0 Å². The lowest BCUT2D eigenvalue weighted by Crippen LogP contribution is -2.39. The van der Waals surface area contributed by atoms with Crippen molar-refractivity contribution in [1.29, 1.82) is 0 Å². The number of aliphatic imine (C=N–C) groups is 1. The molecule has 3 aromatic carbocycles. The fourth-order valence-electron chi connectivity index (χ4n) is 5.27. The van der Waals surface area contributed by atoms with Crippen LogP contribution in [0.3, 0.4) is 0 Å². The van der Waals surface area contributed by atoms with E-state index >= 15 is 4.39 Å². The zero-order valence-electron chi connectivity index (χ0n) is 25.1. The topological polar surface area (TPSA) is 84.6 Å². The number of anilines is 1. The molecule has 45 heavy (non-hydrogen) atoms. The van der Waals surface area contributed by atoms with Crippen LogP contribution in [0.5, 0.6) is 5.75 Å². The van der Waals surface area contributed by atoms with Crippen molar-refractivity contribution in [2.45, 2.75) is 52.7 Å². The number of carbonyl (C=O) groups is 1. The van der Waals surface area contributed by atoms with Crippen LogP contribution < -0.4 is 15.0 Å². The van der Waals surface area contributed by atoms with Crippen LogP contribution in [-0.2, 0) is 0 Å². The van der Waals surface area contributed by atoms with Crippen LogP contribution in [0, 0.1) is 20.8 Å². The number of ether oxygens (including phenoxy) is 1. The van der Waals surface area contributed by atoms with Gasteiger partial charge in [0.15, 0.2) is 11.0 Å². The second-order valence-corrected chi connectivity index (χ2v) is 11.9. The molecule has 0 saturated carbocycles. The molecule has 13 heteroatoms. The molecule has 236 valence electrons. The summed E-state index contributed by atoms with van der Waals surface area (Å²) in [4.78, 5) is 23.6. The minimum atomic E-state index is -4.78. The summed E-state index contributed by atoms with van der Waals surface area (Å²) in [6, 6.07) is 14.5. The fourth-order valence-corrected chi connectivity index (χ4v) is 6.21. The first-order chi connectivity index (χ1) is 21.4. The van der Waals surface area contributed by atoms with Crippen molar-refractivity contribution in [3.05, 3.63) is 89.2 Å². The minimum Gasteiger partial charge on any atom is -0.406 e. The molecule has 1 saturated heterocycles. The summed E-state index contributed by atoms with van der Waals surface area (Å²) in [5.41, 5.74) is 5.89. The van der Waals surface area contributed by atoms with Gasteiger partial charge >= 0.3 is 12.4 Å². The Morgan fingerprint density at radius 3 is 2.36 bits per heavy atom. The molecule has 2 atom stereocenters. The van der Waals surface area contributed by atoms with Gasteiger partial charge in [-0.05, 0) is 75.1 Å². The lowest BCUT2D eigenvalue weighted by Gasteiger charge is -2.32. The number of nitrogens with one attached hydrogen (secondary N) is 1. The molecule has 8 nitrogen and oxygen atoms in total. The summed E-state index contributed by atoms with van der Waals surface area (Å²) in [6.45, 7) is 8.48. The Bertz CT molecular complexity index is 1670. The molecule has 0 radical (unpaired) electrons. The van der Waals surface area contributed by atoms with E-state index in [2.05, 4.69) is 49.1 Å². The Hall–Kier alpha value is -4.39. The number of aromatic nitrogens is 3. The van der Waals surface area contributed by atoms with Crippen molar-refractivity contribution in [1.82, 2.24) is 20.1 Å². The van der Waals surface area contributed by atoms with E-state index in [-0.39, 0.29) is 5.75 Å². The van der Waals surface area contributed by atoms with E-state index in [0.29, 0.717) is 27.8 Å². The molecule has 0 bridgehead atoms. The molecular formula is C32H32F4N6O2S. The Labute approximate surface area is 262 Å². The lowest BCUT2D eigenvalue weighted by molar-refractivity contribution is -0.274. The number of aryl methyl sites for hydroxylation is 3. The van der Waals surface area contributed by atoms with E-state index in [1.54, 1.807) is 31.2 Å². The van der Waals surface area contributed by atoms with Crippen LogP contribution in [0.2, 0.25) is 0 Å². The second-order valence-electron chi connectivity index (χ2n) is 10.8. The van der Waals surface area contributed by atoms with Gasteiger partial charge in [0, 0.05) is 23.5 Å². The summed E-state index contributed by atoms with van der Waals surface area (Å²) in [6.07, 6.45) is -3.89. The number of carbonyl (C=O) groups excluding carboxylic acids is 1. The molecule has 2 amide bonds. The second kappa shape index (κ2) is 13.3. The molecule has 4 aromatic rings. The van der Waals surface area contributed by atoms with E-state index in [1.165, 1.54) is 52.6 Å². The zero-order chi connectivity index (χ0) is 32.3. The van der Waals surface area contributed by atoms with Gasteiger partial charge in [0.1, 0.15) is 18.2 Å². The van der Waals surface area contributed by atoms with Crippen LogP contribution in [0.4, 0.5) is 28.0 Å². The lowest BCUT2D eigenvalue weighted by atomic mass is 10.0. The largest absolute Gasteiger partial charge is 0.573 e. The molecule has 2 unspecified atom stereocenters. The first-order valence-electron chi connectivity index (χ1n) is 14.3. The number of rotatable bonds is 7. The number of alkyl halides is 4. The molecule has 1 N–H and O–H groups in total. The van der Waals surface area contributed by atoms with Crippen molar-refractivity contribution < 1.29 is 27.1 Å². The van der Waals surface area contributed by atoms with E-state index in [1.807, 2.05) is 13.8 Å². The number of thioether (sulfide) groups is 1. The first kappa shape index (κ1) is 32.0. The van der Waals surface area contributed by atoms with Crippen molar-refractivity contribution in [3.8, 4) is 22.8 Å². The third-order valence-corrected chi connectivity index (χ3v) is 8.26. The van der Waals surface area contributed by atoms with Gasteiger partial charge in [-0.15, -0.1) is 18.3 Å². The average Bonchev–Trinajstić information content (AvgIpc) is 3.47. The quantitative estimate of drug-likeness (QED) is 0.207. The van der Waals surface area contributed by atoms with Gasteiger partial charge in [0.2, 0.25) is 0 Å². The monoisotopic (exact) mass is 640 g/mol. The summed E-state index contributed by atoms with van der Waals surface area (Å²) in [5.74, 6) is 0.845. The minimum absolute atomic E-state index is 0.344. The molecular weight excluding hydrogens is 608 g/mol. The predicted molar refractivity (Wildman–Crippen MR) is 168 cm³/mol. The van der Waals surface area contributed by atoms with Crippen molar-refractivity contribution in [2.24, 2.45) is 4.99 Å². The van der Waals surface area contributed by atoms with Gasteiger partial charge in [0.25, 0.3) is 0 Å². The van der Waals surface area contributed by atoms with Crippen LogP contribution >= 0.6 is 11.8 Å². The van der Waals surface area contributed by atoms with Crippen LogP contribution in [-0.4, -0.2) is 50.7 Å². The highest BCUT2D eigenvalue weighted by atomic mass is 32.2. The number of halogens is 4. The van der Waals surface area contributed by atoms with Gasteiger partial charge in [0.05, 0.1) is 11.7 Å². The predicted octanol–water partition coefficient (Wildman–Crippen LogP) is 7.87. The van der Waals surface area contributed by atoms with Gasteiger partial charge in [-0.25, -0.2) is 18.9 Å². The van der Waals surface area contributed by atoms with Crippen molar-refractivity contribution in [2.75, 3.05) is 17.2 Å². The van der Waals surface area contributed by atoms with Crippen molar-refractivity contribution >= 4 is 28.6 Å². The Morgan fingerprint density at radius 1 is 1.04 bits per heavy atom. The van der Waals surface area contributed by atoms with E-state index in [0.717, 1.165) is 35.5 Å². The molecule has 0 aliphatic carbocycles. The third-order valence-electron chi connectivity index (χ3n) is 7.19. The molecule has 1 aliphatic heterocycles. The van der Waals surface area contributed by atoms with E-state index in [4.69, 9.17) is 0 Å². The maximum atomic E-state index is 15.5. The van der Waals surface area contributed by atoms with Gasteiger partial charge in [-0.2, -0.15) is 4.99 Å². The summed E-state index contributed by atoms with van der Waals surface area (Å²) >= 11 is 1.51. The fraction of sp³-hybridized carbons (Fsp3) is 0.312. The van der Waals surface area contributed by atoms with Crippen molar-refractivity contribution in [3.63, 3.8) is 0 Å². The summed E-state index contributed by atoms with van der Waals surface area (Å²) in [5, 5.41) is 7.65. The SMILES string of the molecule is Cc1cc(C)c(N2CCCS/C2=N\C(=O)NC(C)C(F)c2ccc(-c3ncn(-c4ccc(OC(F)(F)F)cc4)n3)cc2)c(C)c1. The van der Waals surface area contributed by atoms with Crippen LogP contribution in [0.25, 0.3) is 17.1 Å². The zero-order valence-corrected chi connectivity index (χ0v) is 25.9. The number of hydrogen-bond donors (Lipinski definition) is 1. The van der Waals surface area contributed by atoms with Crippen LogP contribution in [0.1, 0.15) is 41.8 Å². The summed E-state index contributed by atoms with van der Waals surface area (Å²) in [7, 11) is 0. The molecule has 1 aromatic heterocycles. The normalized spacial score (nSPS) is 16.0. The number of amidine groups is 1. The van der Waals surface area contributed by atoms with Crippen LogP contribution in [0.15, 0.2) is 72.0 Å². The van der Waals surface area contributed by atoms with Gasteiger partial charge < -0.3 is 15.0 Å².